The van der Waals surface area contributed by atoms with Crippen molar-refractivity contribution < 1.29 is 38.8 Å². The Morgan fingerprint density at radius 3 is 2.44 bits per heavy atom. The fraction of sp³-hybridized carbons (Fsp3) is 0.792. The van der Waals surface area contributed by atoms with Gasteiger partial charge in [0.2, 0.25) is 5.79 Å². The van der Waals surface area contributed by atoms with Gasteiger partial charge in [0.25, 0.3) is 0 Å². The van der Waals surface area contributed by atoms with Crippen LogP contribution >= 0.6 is 0 Å². The largest absolute Gasteiger partial charge is 0.462 e. The van der Waals surface area contributed by atoms with Crippen LogP contribution < -0.4 is 0 Å². The summed E-state index contributed by atoms with van der Waals surface area (Å²) >= 11 is 0. The Morgan fingerprint density at radius 2 is 1.81 bits per heavy atom. The van der Waals surface area contributed by atoms with Crippen LogP contribution in [0.15, 0.2) is 12.2 Å². The average Bonchev–Trinajstić information content (AvgIpc) is 2.87. The molecule has 0 radical (unpaired) electrons. The molecule has 2 N–H and O–H groups in total. The van der Waals surface area contributed by atoms with Crippen LogP contribution in [0.5, 0.6) is 0 Å². The fourth-order valence-electron chi connectivity index (χ4n) is 8.52. The highest BCUT2D eigenvalue weighted by atomic mass is 16.6. The molecular formula is C24H32O8. The third-order valence-electron chi connectivity index (χ3n) is 9.35. The first-order valence-corrected chi connectivity index (χ1v) is 11.5. The quantitative estimate of drug-likeness (QED) is 0.482. The molecule has 2 spiro atoms. The number of aliphatic hydroxyl groups is 2. The smallest absolute Gasteiger partial charge is 0.302 e. The molecule has 4 saturated carbocycles. The zero-order chi connectivity index (χ0) is 23.4. The van der Waals surface area contributed by atoms with Crippen LogP contribution in [-0.2, 0) is 28.6 Å². The Morgan fingerprint density at radius 1 is 1.16 bits per heavy atom. The molecule has 0 aromatic carbocycles. The third kappa shape index (κ3) is 2.31. The predicted octanol–water partition coefficient (Wildman–Crippen LogP) is 1.52. The van der Waals surface area contributed by atoms with Crippen LogP contribution in [0.25, 0.3) is 0 Å². The first kappa shape index (κ1) is 22.0. The SMILES string of the molecule is C=C1C(=O)[C@]23CC1C[C@@H](OC(C)=O)[C@H]2[C@@]12COC3(O)[C@@H](O)[C@@H]1C(C)(C)CC[C@@H]2OC(C)=O. The van der Waals surface area contributed by atoms with Crippen LogP contribution in [0.3, 0.4) is 0 Å². The van der Waals surface area contributed by atoms with Crippen LogP contribution in [0.4, 0.5) is 0 Å². The number of fused-ring (bicyclic) bond motifs is 2. The summed E-state index contributed by atoms with van der Waals surface area (Å²) in [4.78, 5) is 38.0. The first-order valence-electron chi connectivity index (χ1n) is 11.5. The maximum atomic E-state index is 13.8. The third-order valence-corrected chi connectivity index (χ3v) is 9.35. The van der Waals surface area contributed by atoms with E-state index in [4.69, 9.17) is 14.2 Å². The van der Waals surface area contributed by atoms with E-state index < -0.39 is 64.1 Å². The number of Topliss-reactive ketones (excluding diaryl/α,β-unsaturated/α-hetero) is 1. The van der Waals surface area contributed by atoms with E-state index in [-0.39, 0.29) is 24.7 Å². The first-order chi connectivity index (χ1) is 14.8. The van der Waals surface area contributed by atoms with Crippen molar-refractivity contribution in [2.75, 3.05) is 6.61 Å². The Bertz CT molecular complexity index is 925. The standard InChI is InChI=1S/C24H32O8/c1-11-14-8-15(31-12(2)25)17-22-10-30-24(29,23(17,9-14)19(11)27)20(28)18(22)21(4,5)7-6-16(22)32-13(3)26/h14-18,20,28-29H,1,6-10H2,2-5H3/t14?,15-,16+,17+,18-,20+,22+,23+,24?/m1/s1. The van der Waals surface area contributed by atoms with Gasteiger partial charge in [-0.3, -0.25) is 14.4 Å². The molecule has 0 aromatic heterocycles. The number of carbonyl (C=O) groups excluding carboxylic acids is 3. The number of ketones is 1. The van der Waals surface area contributed by atoms with Gasteiger partial charge in [-0.15, -0.1) is 0 Å². The van der Waals surface area contributed by atoms with Crippen molar-refractivity contribution in [3.63, 3.8) is 0 Å². The van der Waals surface area contributed by atoms with E-state index in [1.165, 1.54) is 13.8 Å². The van der Waals surface area contributed by atoms with Crippen molar-refractivity contribution in [2.24, 2.45) is 34.0 Å². The minimum absolute atomic E-state index is 0.00120. The molecule has 2 heterocycles. The molecule has 6 fully saturated rings. The molecule has 2 saturated heterocycles. The predicted molar refractivity (Wildman–Crippen MR) is 110 cm³/mol. The van der Waals surface area contributed by atoms with E-state index in [1.54, 1.807) is 0 Å². The van der Waals surface area contributed by atoms with Crippen molar-refractivity contribution in [3.05, 3.63) is 12.2 Å². The summed E-state index contributed by atoms with van der Waals surface area (Å²) in [6.07, 6.45) is -0.844. The van der Waals surface area contributed by atoms with E-state index in [1.807, 2.05) is 13.8 Å². The monoisotopic (exact) mass is 448 g/mol. The van der Waals surface area contributed by atoms with Gasteiger partial charge in [0, 0.05) is 31.1 Å². The summed E-state index contributed by atoms with van der Waals surface area (Å²) in [5, 5.41) is 23.6. The van der Waals surface area contributed by atoms with Gasteiger partial charge in [0.15, 0.2) is 5.78 Å². The van der Waals surface area contributed by atoms with Gasteiger partial charge < -0.3 is 24.4 Å². The van der Waals surface area contributed by atoms with E-state index in [9.17, 15) is 24.6 Å². The molecule has 0 aromatic rings. The highest BCUT2D eigenvalue weighted by molar-refractivity contribution is 6.04. The number of rotatable bonds is 2. The second-order valence-corrected chi connectivity index (χ2v) is 11.2. The van der Waals surface area contributed by atoms with Crippen molar-refractivity contribution in [2.45, 2.75) is 77.5 Å². The molecule has 32 heavy (non-hydrogen) atoms. The number of carbonyl (C=O) groups is 3. The van der Waals surface area contributed by atoms with E-state index in [0.29, 0.717) is 24.8 Å². The maximum absolute atomic E-state index is 13.8. The molecule has 9 atom stereocenters. The van der Waals surface area contributed by atoms with Crippen molar-refractivity contribution in [1.29, 1.82) is 0 Å². The molecule has 8 nitrogen and oxygen atoms in total. The zero-order valence-electron chi connectivity index (χ0n) is 19.1. The summed E-state index contributed by atoms with van der Waals surface area (Å²) in [5.41, 5.74) is -2.57. The topological polar surface area (TPSA) is 119 Å². The number of allylic oxidation sites excluding steroid dienone is 1. The lowest BCUT2D eigenvalue weighted by Crippen LogP contribution is -2.85. The highest BCUT2D eigenvalue weighted by Gasteiger charge is 2.86. The summed E-state index contributed by atoms with van der Waals surface area (Å²) in [7, 11) is 0. The van der Waals surface area contributed by atoms with E-state index in [2.05, 4.69) is 6.58 Å². The molecule has 6 aliphatic rings. The summed E-state index contributed by atoms with van der Waals surface area (Å²) < 4.78 is 17.7. The van der Waals surface area contributed by atoms with Crippen molar-refractivity contribution >= 4 is 17.7 Å². The average molecular weight is 449 g/mol. The van der Waals surface area contributed by atoms with Gasteiger partial charge in [-0.25, -0.2) is 0 Å². The molecule has 6 rings (SSSR count). The fourth-order valence-corrected chi connectivity index (χ4v) is 8.52. The molecule has 8 heteroatoms. The lowest BCUT2D eigenvalue weighted by atomic mass is 9.35. The Kier molecular flexibility index (Phi) is 4.42. The highest BCUT2D eigenvalue weighted by Crippen LogP contribution is 2.77. The van der Waals surface area contributed by atoms with Crippen LogP contribution in [0, 0.1) is 34.0 Å². The van der Waals surface area contributed by atoms with Gasteiger partial charge in [-0.2, -0.15) is 0 Å². The van der Waals surface area contributed by atoms with Gasteiger partial charge in [-0.1, -0.05) is 20.4 Å². The number of hydrogen-bond acceptors (Lipinski definition) is 8. The van der Waals surface area contributed by atoms with Gasteiger partial charge >= 0.3 is 11.9 Å². The molecular weight excluding hydrogens is 416 g/mol. The Labute approximate surface area is 187 Å². The van der Waals surface area contributed by atoms with Gasteiger partial charge in [0.1, 0.15) is 18.3 Å². The number of esters is 2. The number of ether oxygens (including phenoxy) is 3. The molecule has 0 amide bonds. The Balaban J connectivity index is 1.80. The zero-order valence-corrected chi connectivity index (χ0v) is 19.1. The van der Waals surface area contributed by atoms with Crippen molar-refractivity contribution in [1.82, 2.24) is 0 Å². The number of aliphatic hydroxyl groups excluding tert-OH is 1. The molecule has 2 aliphatic heterocycles. The summed E-state index contributed by atoms with van der Waals surface area (Å²) in [5.74, 6) is -4.89. The minimum atomic E-state index is -2.13. The lowest BCUT2D eigenvalue weighted by Gasteiger charge is -2.74. The van der Waals surface area contributed by atoms with Crippen molar-refractivity contribution in [3.8, 4) is 0 Å². The van der Waals surface area contributed by atoms with E-state index >= 15 is 0 Å². The maximum Gasteiger partial charge on any atom is 0.302 e. The Hall–Kier alpha value is -1.77. The molecule has 4 bridgehead atoms. The van der Waals surface area contributed by atoms with E-state index in [0.717, 1.165) is 0 Å². The lowest BCUT2D eigenvalue weighted by molar-refractivity contribution is -0.455. The number of hydrogen-bond donors (Lipinski definition) is 2. The molecule has 176 valence electrons. The molecule has 2 unspecified atom stereocenters. The van der Waals surface area contributed by atoms with Crippen LogP contribution in [0.1, 0.15) is 53.4 Å². The summed E-state index contributed by atoms with van der Waals surface area (Å²) in [6.45, 7) is 10.7. The normalized spacial score (nSPS) is 50.4. The minimum Gasteiger partial charge on any atom is -0.462 e. The van der Waals surface area contributed by atoms with Crippen LogP contribution in [0.2, 0.25) is 0 Å². The van der Waals surface area contributed by atoms with Crippen LogP contribution in [-0.4, -0.2) is 58.6 Å². The van der Waals surface area contributed by atoms with Gasteiger partial charge in [0.05, 0.1) is 12.0 Å². The van der Waals surface area contributed by atoms with Gasteiger partial charge in [-0.05, 0) is 42.6 Å². The second kappa shape index (κ2) is 6.42. The second-order valence-electron chi connectivity index (χ2n) is 11.2. The summed E-state index contributed by atoms with van der Waals surface area (Å²) in [6, 6.07) is 0. The molecule has 4 aliphatic carbocycles.